The van der Waals surface area contributed by atoms with Gasteiger partial charge in [-0.15, -0.1) is 10.2 Å². The van der Waals surface area contributed by atoms with Crippen LogP contribution in [-0.4, -0.2) is 57.0 Å². The number of benzene rings is 2. The Labute approximate surface area is 235 Å². The third-order valence-corrected chi connectivity index (χ3v) is 9.43. The molecule has 3 atom stereocenters. The number of piperidine rings is 1. The molecule has 0 radical (unpaired) electrons. The monoisotopic (exact) mass is 569 g/mol. The maximum Gasteiger partial charge on any atom is 0.416 e. The fourth-order valence-corrected chi connectivity index (χ4v) is 7.19. The summed E-state index contributed by atoms with van der Waals surface area (Å²) in [6.07, 6.45) is -0.690. The Hall–Kier alpha value is -3.31. The van der Waals surface area contributed by atoms with Crippen molar-refractivity contribution in [3.05, 3.63) is 76.4 Å². The summed E-state index contributed by atoms with van der Waals surface area (Å²) in [6.45, 7) is 1.07. The van der Waals surface area contributed by atoms with Crippen molar-refractivity contribution in [3.8, 4) is 0 Å². The molecule has 216 valence electrons. The molecule has 5 heterocycles. The minimum Gasteiger partial charge on any atom is -0.379 e. The van der Waals surface area contributed by atoms with E-state index < -0.39 is 23.8 Å². The standard InChI is InChI=1S/C30H31F4N5O2/c1-37-17-35-36-27(37)12-29(15-41-16-29)19-3-2-4-21(9-19)39-14-25-24(28(39)40)7-18(8-26(25)30(32,33)34)13-38-22-5-6-23(38)11-20(31)10-22/h2-4,7-9,17,20,22-23H,5-6,10-16H2,1H3/t20-,22+,23-. The molecule has 3 saturated heterocycles. The highest BCUT2D eigenvalue weighted by molar-refractivity contribution is 6.10. The number of ether oxygens (including phenoxy) is 1. The molecular weight excluding hydrogens is 538 g/mol. The van der Waals surface area contributed by atoms with Gasteiger partial charge in [-0.3, -0.25) is 9.69 Å². The molecule has 1 amide bonds. The predicted molar refractivity (Wildman–Crippen MR) is 142 cm³/mol. The molecule has 0 spiro atoms. The van der Waals surface area contributed by atoms with E-state index in [0.717, 1.165) is 24.2 Å². The first kappa shape index (κ1) is 26.6. The maximum absolute atomic E-state index is 14.3. The summed E-state index contributed by atoms with van der Waals surface area (Å²) in [4.78, 5) is 17.3. The average molecular weight is 570 g/mol. The molecule has 2 bridgehead atoms. The highest BCUT2D eigenvalue weighted by Crippen LogP contribution is 2.43. The Kier molecular flexibility index (Phi) is 6.24. The molecule has 3 aromatic rings. The van der Waals surface area contributed by atoms with Crippen LogP contribution in [-0.2, 0) is 42.9 Å². The highest BCUT2D eigenvalue weighted by atomic mass is 19.4. The third-order valence-electron chi connectivity index (χ3n) is 9.43. The number of rotatable bonds is 6. The summed E-state index contributed by atoms with van der Waals surface area (Å²) in [5, 5.41) is 8.18. The van der Waals surface area contributed by atoms with Crippen molar-refractivity contribution in [2.75, 3.05) is 18.1 Å². The zero-order chi connectivity index (χ0) is 28.5. The van der Waals surface area contributed by atoms with Crippen LogP contribution in [0.2, 0.25) is 0 Å². The second kappa shape index (κ2) is 9.62. The minimum atomic E-state index is -4.60. The number of carbonyl (C=O) groups is 1. The van der Waals surface area contributed by atoms with Crippen LogP contribution in [0.25, 0.3) is 0 Å². The van der Waals surface area contributed by atoms with E-state index in [1.807, 2.05) is 29.8 Å². The fourth-order valence-electron chi connectivity index (χ4n) is 7.19. The van der Waals surface area contributed by atoms with Gasteiger partial charge in [-0.25, -0.2) is 4.39 Å². The normalized spacial score (nSPS) is 25.4. The number of aryl methyl sites for hydroxylation is 1. The van der Waals surface area contributed by atoms with Crippen LogP contribution in [0.5, 0.6) is 0 Å². The number of nitrogens with zero attached hydrogens (tertiary/aromatic N) is 5. The third kappa shape index (κ3) is 4.53. The van der Waals surface area contributed by atoms with Gasteiger partial charge in [0.15, 0.2) is 0 Å². The van der Waals surface area contributed by atoms with E-state index >= 15 is 0 Å². The predicted octanol–water partition coefficient (Wildman–Crippen LogP) is 4.97. The largest absolute Gasteiger partial charge is 0.416 e. The first-order chi connectivity index (χ1) is 19.6. The van der Waals surface area contributed by atoms with Gasteiger partial charge in [0, 0.05) is 48.8 Å². The molecule has 0 N–H and O–H groups in total. The Balaban J connectivity index is 1.19. The van der Waals surface area contributed by atoms with Gasteiger partial charge in [-0.1, -0.05) is 12.1 Å². The number of carbonyl (C=O) groups excluding carboxylic acids is 1. The van der Waals surface area contributed by atoms with Gasteiger partial charge in [0.1, 0.15) is 18.3 Å². The quantitative estimate of drug-likeness (QED) is 0.393. The van der Waals surface area contributed by atoms with E-state index in [9.17, 15) is 22.4 Å². The van der Waals surface area contributed by atoms with Crippen LogP contribution in [0, 0.1) is 0 Å². The number of amides is 1. The van der Waals surface area contributed by atoms with Crippen LogP contribution in [0.15, 0.2) is 42.7 Å². The first-order valence-corrected chi connectivity index (χ1v) is 14.1. The van der Waals surface area contributed by atoms with Gasteiger partial charge < -0.3 is 14.2 Å². The van der Waals surface area contributed by atoms with E-state index in [1.54, 1.807) is 18.5 Å². The van der Waals surface area contributed by atoms with Crippen molar-refractivity contribution in [1.82, 2.24) is 19.7 Å². The lowest BCUT2D eigenvalue weighted by Gasteiger charge is -2.42. The number of anilines is 1. The number of hydrogen-bond acceptors (Lipinski definition) is 5. The first-order valence-electron chi connectivity index (χ1n) is 14.1. The Bertz CT molecular complexity index is 1490. The lowest BCUT2D eigenvalue weighted by atomic mass is 9.75. The van der Waals surface area contributed by atoms with Gasteiger partial charge >= 0.3 is 6.18 Å². The number of halogens is 4. The van der Waals surface area contributed by atoms with E-state index in [-0.39, 0.29) is 41.7 Å². The maximum atomic E-state index is 14.3. The number of aromatic nitrogens is 3. The van der Waals surface area contributed by atoms with Gasteiger partial charge in [0.2, 0.25) is 0 Å². The Morgan fingerprint density at radius 3 is 2.49 bits per heavy atom. The van der Waals surface area contributed by atoms with Crippen molar-refractivity contribution < 1.29 is 27.1 Å². The molecule has 11 heteroatoms. The topological polar surface area (TPSA) is 63.5 Å². The molecule has 4 aliphatic heterocycles. The average Bonchev–Trinajstić information content (AvgIpc) is 3.54. The summed E-state index contributed by atoms with van der Waals surface area (Å²) in [6, 6.07) is 10.3. The molecule has 0 saturated carbocycles. The van der Waals surface area contributed by atoms with Gasteiger partial charge in [0.25, 0.3) is 5.91 Å². The van der Waals surface area contributed by atoms with E-state index in [1.165, 1.54) is 11.0 Å². The van der Waals surface area contributed by atoms with Gasteiger partial charge in [-0.05, 0) is 66.6 Å². The molecule has 0 aliphatic carbocycles. The summed E-state index contributed by atoms with van der Waals surface area (Å²) in [5.74, 6) is 0.358. The zero-order valence-electron chi connectivity index (χ0n) is 22.7. The molecule has 7 nitrogen and oxygen atoms in total. The van der Waals surface area contributed by atoms with Crippen molar-refractivity contribution >= 4 is 11.6 Å². The lowest BCUT2D eigenvalue weighted by molar-refractivity contribution is -0.138. The van der Waals surface area contributed by atoms with Crippen molar-refractivity contribution in [2.24, 2.45) is 7.05 Å². The van der Waals surface area contributed by atoms with Gasteiger partial charge in [-0.2, -0.15) is 13.2 Å². The number of hydrogen-bond donors (Lipinski definition) is 0. The van der Waals surface area contributed by atoms with E-state index in [2.05, 4.69) is 15.1 Å². The summed E-state index contributed by atoms with van der Waals surface area (Å²) in [5.41, 5.74) is 0.904. The molecule has 4 aliphatic rings. The SMILES string of the molecule is Cn1cnnc1CC1(c2cccc(N3Cc4c(cc(CN5[C@@H]6CC[C@H]5C[C@@H](F)C6)cc4C(F)(F)F)C3=O)c2)COC1. The van der Waals surface area contributed by atoms with Crippen LogP contribution < -0.4 is 4.90 Å². The number of fused-ring (bicyclic) bond motifs is 3. The van der Waals surface area contributed by atoms with Gasteiger partial charge in [0.05, 0.1) is 25.3 Å². The van der Waals surface area contributed by atoms with E-state index in [4.69, 9.17) is 4.74 Å². The van der Waals surface area contributed by atoms with Crippen molar-refractivity contribution in [1.29, 1.82) is 0 Å². The van der Waals surface area contributed by atoms with Crippen LogP contribution in [0.4, 0.5) is 23.2 Å². The molecule has 7 rings (SSSR count). The number of alkyl halides is 4. The fraction of sp³-hybridized carbons (Fsp3) is 0.500. The van der Waals surface area contributed by atoms with Crippen LogP contribution in [0.1, 0.15) is 64.1 Å². The summed E-state index contributed by atoms with van der Waals surface area (Å²) >= 11 is 0. The minimum absolute atomic E-state index is 0.00265. The Morgan fingerprint density at radius 2 is 1.85 bits per heavy atom. The molecule has 2 aromatic carbocycles. The van der Waals surface area contributed by atoms with Crippen LogP contribution in [0.3, 0.4) is 0 Å². The summed E-state index contributed by atoms with van der Waals surface area (Å²) < 4.78 is 64.6. The smallest absolute Gasteiger partial charge is 0.379 e. The molecule has 1 aromatic heterocycles. The molecule has 41 heavy (non-hydrogen) atoms. The molecule has 0 unspecified atom stereocenters. The molecular formula is C30H31F4N5O2. The van der Waals surface area contributed by atoms with E-state index in [0.29, 0.717) is 43.7 Å². The van der Waals surface area contributed by atoms with Crippen LogP contribution >= 0.6 is 0 Å². The second-order valence-electron chi connectivity index (χ2n) is 12.0. The van der Waals surface area contributed by atoms with Crippen molar-refractivity contribution in [3.63, 3.8) is 0 Å². The Morgan fingerprint density at radius 1 is 1.10 bits per heavy atom. The highest BCUT2D eigenvalue weighted by Gasteiger charge is 2.45. The molecule has 3 fully saturated rings. The lowest BCUT2D eigenvalue weighted by Crippen LogP contribution is -2.49. The summed E-state index contributed by atoms with van der Waals surface area (Å²) in [7, 11) is 1.87. The second-order valence-corrected chi connectivity index (χ2v) is 12.0. The zero-order valence-corrected chi connectivity index (χ0v) is 22.7. The van der Waals surface area contributed by atoms with Crippen molar-refractivity contribution in [2.45, 2.75) is 75.0 Å².